The molecule has 0 spiro atoms. The first-order valence-electron chi connectivity index (χ1n) is 10.4. The highest BCUT2D eigenvalue weighted by molar-refractivity contribution is 6.30. The van der Waals surface area contributed by atoms with Gasteiger partial charge in [-0.15, -0.1) is 0 Å². The van der Waals surface area contributed by atoms with Crippen molar-refractivity contribution < 1.29 is 9.90 Å². The quantitative estimate of drug-likeness (QED) is 0.354. The number of fused-ring (bicyclic) bond motifs is 2. The van der Waals surface area contributed by atoms with Gasteiger partial charge >= 0.3 is 5.97 Å². The Bertz CT molecular complexity index is 1550. The summed E-state index contributed by atoms with van der Waals surface area (Å²) in [7, 11) is 0. The maximum Gasteiger partial charge on any atom is 0.335 e. The van der Waals surface area contributed by atoms with Gasteiger partial charge in [-0.3, -0.25) is 0 Å². The van der Waals surface area contributed by atoms with Gasteiger partial charge in [0.1, 0.15) is 11.9 Å². The highest BCUT2D eigenvalue weighted by atomic mass is 35.5. The van der Waals surface area contributed by atoms with Crippen molar-refractivity contribution in [3.05, 3.63) is 100 Å². The van der Waals surface area contributed by atoms with Gasteiger partial charge in [0.25, 0.3) is 0 Å². The number of carboxylic acid groups (broad SMARTS) is 1. The number of halogens is 1. The van der Waals surface area contributed by atoms with Gasteiger partial charge in [0, 0.05) is 16.2 Å². The van der Waals surface area contributed by atoms with E-state index in [1.165, 1.54) is 0 Å². The zero-order valence-corrected chi connectivity index (χ0v) is 18.2. The van der Waals surface area contributed by atoms with E-state index in [2.05, 4.69) is 25.8 Å². The summed E-state index contributed by atoms with van der Waals surface area (Å²) in [5, 5.41) is 25.5. The molecule has 34 heavy (non-hydrogen) atoms. The van der Waals surface area contributed by atoms with Gasteiger partial charge in [-0.05, 0) is 52.4 Å². The van der Waals surface area contributed by atoms with Crippen molar-refractivity contribution >= 4 is 45.8 Å². The van der Waals surface area contributed by atoms with Crippen molar-refractivity contribution in [2.24, 2.45) is 0 Å². The lowest BCUT2D eigenvalue weighted by Crippen LogP contribution is -2.25. The van der Waals surface area contributed by atoms with Crippen LogP contribution in [0.4, 0.5) is 5.95 Å². The molecule has 0 saturated heterocycles. The molecule has 0 bridgehead atoms. The molecule has 1 aliphatic rings. The van der Waals surface area contributed by atoms with Crippen LogP contribution in [0.25, 0.3) is 22.3 Å². The van der Waals surface area contributed by atoms with Gasteiger partial charge in [0.2, 0.25) is 5.95 Å². The van der Waals surface area contributed by atoms with Gasteiger partial charge in [-0.2, -0.15) is 4.68 Å². The van der Waals surface area contributed by atoms with Crippen molar-refractivity contribution in [2.45, 2.75) is 6.04 Å². The summed E-state index contributed by atoms with van der Waals surface area (Å²) in [5.41, 5.74) is 5.08. The average Bonchev–Trinajstić information content (AvgIpc) is 3.49. The molecule has 0 radical (unpaired) electrons. The van der Waals surface area contributed by atoms with Crippen LogP contribution in [-0.2, 0) is 0 Å². The number of tetrazole rings is 1. The Morgan fingerprint density at radius 1 is 1.03 bits per heavy atom. The number of anilines is 1. The lowest BCUT2D eigenvalue weighted by molar-refractivity contribution is 0.0697. The fraction of sp³-hybridized carbons (Fsp3) is 0.0417. The van der Waals surface area contributed by atoms with Crippen LogP contribution in [0.3, 0.4) is 0 Å². The minimum Gasteiger partial charge on any atom is -0.478 e. The van der Waals surface area contributed by atoms with Crippen LogP contribution >= 0.6 is 11.6 Å². The number of imidazole rings is 1. The Hall–Kier alpha value is -4.50. The smallest absolute Gasteiger partial charge is 0.335 e. The van der Waals surface area contributed by atoms with Gasteiger partial charge in [-0.25, -0.2) is 9.78 Å². The minimum absolute atomic E-state index is 0.193. The van der Waals surface area contributed by atoms with Crippen LogP contribution in [0.5, 0.6) is 0 Å². The summed E-state index contributed by atoms with van der Waals surface area (Å²) in [6, 6.07) is 21.4. The monoisotopic (exact) mass is 469 g/mol. The van der Waals surface area contributed by atoms with Crippen LogP contribution in [-0.4, -0.2) is 41.3 Å². The Kier molecular flexibility index (Phi) is 4.63. The topological polar surface area (TPSA) is 122 Å². The first-order valence-corrected chi connectivity index (χ1v) is 10.8. The molecule has 0 amide bonds. The van der Waals surface area contributed by atoms with Crippen molar-refractivity contribution in [3.8, 4) is 0 Å². The number of nitrogens with zero attached hydrogens (tertiary/aromatic N) is 5. The number of para-hydroxylation sites is 2. The predicted octanol–water partition coefficient (Wildman–Crippen LogP) is 4.48. The largest absolute Gasteiger partial charge is 0.478 e. The third-order valence-corrected chi connectivity index (χ3v) is 5.98. The Morgan fingerprint density at radius 3 is 2.62 bits per heavy atom. The summed E-state index contributed by atoms with van der Waals surface area (Å²) >= 11 is 6.33. The minimum atomic E-state index is -0.993. The van der Waals surface area contributed by atoms with E-state index in [0.29, 0.717) is 16.8 Å². The highest BCUT2D eigenvalue weighted by Crippen LogP contribution is 2.43. The molecule has 1 unspecified atom stereocenters. The van der Waals surface area contributed by atoms with E-state index in [1.807, 2.05) is 48.5 Å². The van der Waals surface area contributed by atoms with E-state index >= 15 is 0 Å². The number of rotatable bonds is 4. The maximum absolute atomic E-state index is 11.4. The maximum atomic E-state index is 11.4. The highest BCUT2D eigenvalue weighted by Gasteiger charge is 2.34. The number of aromatic amines is 1. The summed E-state index contributed by atoms with van der Waals surface area (Å²) in [5.74, 6) is 0.0897. The third-order valence-electron chi connectivity index (χ3n) is 5.75. The molecule has 0 fully saturated rings. The fourth-order valence-corrected chi connectivity index (χ4v) is 4.39. The Balaban J connectivity index is 1.64. The second-order valence-corrected chi connectivity index (χ2v) is 8.24. The number of nitrogens with one attached hydrogen (secondary N) is 2. The van der Waals surface area contributed by atoms with E-state index in [1.54, 1.807) is 28.9 Å². The molecular formula is C24H16ClN7O2. The molecule has 10 heteroatoms. The number of aromatic carboxylic acids is 1. The third kappa shape index (κ3) is 3.30. The molecule has 9 nitrogen and oxygen atoms in total. The second-order valence-electron chi connectivity index (χ2n) is 7.80. The fourth-order valence-electron chi connectivity index (χ4n) is 4.20. The summed E-state index contributed by atoms with van der Waals surface area (Å²) < 4.78 is 1.66. The molecule has 6 rings (SSSR count). The Labute approximate surface area is 197 Å². The zero-order valence-electron chi connectivity index (χ0n) is 17.5. The van der Waals surface area contributed by atoms with Gasteiger partial charge in [0.15, 0.2) is 0 Å². The number of carbonyl (C=O) groups is 1. The van der Waals surface area contributed by atoms with Crippen molar-refractivity contribution in [2.75, 3.05) is 5.32 Å². The van der Waals surface area contributed by atoms with Gasteiger partial charge in [0.05, 0.1) is 22.3 Å². The Morgan fingerprint density at radius 2 is 1.85 bits per heavy atom. The molecule has 2 aromatic heterocycles. The molecule has 3 N–H and O–H groups in total. The number of aromatic nitrogens is 6. The number of hydrogen-bond acceptors (Lipinski definition) is 6. The summed E-state index contributed by atoms with van der Waals surface area (Å²) in [6.07, 6.45) is 0. The lowest BCUT2D eigenvalue weighted by atomic mass is 9.92. The van der Waals surface area contributed by atoms with E-state index in [-0.39, 0.29) is 5.56 Å². The molecule has 5 aromatic rings. The standard InChI is InChI=1S/C24H16ClN7O2/c25-16-5-3-4-15(12-16)20-19(22-26-17-6-1-2-7-18(17)27-22)21(32-24(28-20)29-30-31-32)13-8-10-14(11-9-13)23(33)34/h1-12,21H,(H,26,27)(H,33,34)(H,28,29,31). The second kappa shape index (κ2) is 7.82. The molecule has 3 aromatic carbocycles. The average molecular weight is 470 g/mol. The van der Waals surface area contributed by atoms with Crippen LogP contribution < -0.4 is 5.32 Å². The van der Waals surface area contributed by atoms with Crippen molar-refractivity contribution in [3.63, 3.8) is 0 Å². The molecule has 0 saturated carbocycles. The zero-order chi connectivity index (χ0) is 23.2. The number of carboxylic acids is 1. The molecule has 1 aliphatic heterocycles. The lowest BCUT2D eigenvalue weighted by Gasteiger charge is -2.29. The first-order chi connectivity index (χ1) is 16.6. The van der Waals surface area contributed by atoms with Crippen LogP contribution in [0, 0.1) is 0 Å². The van der Waals surface area contributed by atoms with Crippen molar-refractivity contribution in [1.82, 2.24) is 30.2 Å². The first kappa shape index (κ1) is 20.1. The van der Waals surface area contributed by atoms with E-state index < -0.39 is 12.0 Å². The number of H-pyrrole nitrogens is 1. The number of hydrogen-bond donors (Lipinski definition) is 3. The van der Waals surface area contributed by atoms with E-state index in [0.717, 1.165) is 33.4 Å². The van der Waals surface area contributed by atoms with E-state index in [4.69, 9.17) is 16.6 Å². The van der Waals surface area contributed by atoms with Gasteiger partial charge in [-0.1, -0.05) is 53.1 Å². The molecule has 3 heterocycles. The number of allylic oxidation sites excluding steroid dienone is 1. The molecular weight excluding hydrogens is 454 g/mol. The molecule has 0 aliphatic carbocycles. The molecule has 1 atom stereocenters. The molecule has 166 valence electrons. The van der Waals surface area contributed by atoms with Crippen LogP contribution in [0.15, 0.2) is 72.8 Å². The van der Waals surface area contributed by atoms with Crippen LogP contribution in [0.1, 0.15) is 33.4 Å². The number of benzene rings is 3. The van der Waals surface area contributed by atoms with Crippen molar-refractivity contribution in [1.29, 1.82) is 0 Å². The van der Waals surface area contributed by atoms with Crippen LogP contribution in [0.2, 0.25) is 5.02 Å². The normalized spacial score (nSPS) is 15.3. The SMILES string of the molecule is O=C(O)c1ccc(C2C(c3nc4ccccc4[nH]3)=C(c3cccc(Cl)c3)Nc3nnnn32)cc1. The predicted molar refractivity (Wildman–Crippen MR) is 127 cm³/mol. The summed E-state index contributed by atoms with van der Waals surface area (Å²) in [6.45, 7) is 0. The summed E-state index contributed by atoms with van der Waals surface area (Å²) in [4.78, 5) is 19.7. The van der Waals surface area contributed by atoms with E-state index in [9.17, 15) is 9.90 Å². The van der Waals surface area contributed by atoms with Gasteiger partial charge < -0.3 is 15.4 Å².